The highest BCUT2D eigenvalue weighted by atomic mass is 32.2. The second-order valence-electron chi connectivity index (χ2n) is 5.86. The molecule has 0 bridgehead atoms. The minimum absolute atomic E-state index is 0.0722. The number of hydrogen-bond donors (Lipinski definition) is 3. The third-order valence-corrected chi connectivity index (χ3v) is 6.88. The third-order valence-electron chi connectivity index (χ3n) is 4.10. The number of aliphatic carboxylic acids is 1. The van der Waals surface area contributed by atoms with Gasteiger partial charge in [0.1, 0.15) is 5.54 Å². The molecule has 1 aliphatic carbocycles. The fourth-order valence-corrected chi connectivity index (χ4v) is 4.49. The monoisotopic (exact) mass is 276 g/mol. The molecule has 0 radical (unpaired) electrons. The van der Waals surface area contributed by atoms with Crippen molar-refractivity contribution >= 4 is 15.7 Å². The molecule has 0 spiro atoms. The van der Waals surface area contributed by atoms with E-state index in [2.05, 4.69) is 0 Å². The van der Waals surface area contributed by atoms with Crippen molar-refractivity contribution in [1.82, 2.24) is 0 Å². The number of hydrogen-bond acceptors (Lipinski definition) is 4. The molecule has 0 aromatic heterocycles. The van der Waals surface area contributed by atoms with E-state index in [1.807, 2.05) is 6.92 Å². The van der Waals surface area contributed by atoms with Crippen molar-refractivity contribution in [1.29, 1.82) is 4.78 Å². The quantitative estimate of drug-likeness (QED) is 0.713. The molecule has 1 unspecified atom stereocenters. The van der Waals surface area contributed by atoms with Crippen LogP contribution in [0, 0.1) is 4.78 Å². The van der Waals surface area contributed by atoms with E-state index in [9.17, 15) is 9.00 Å². The Bertz CT molecular complexity index is 409. The molecule has 2 atom stereocenters. The van der Waals surface area contributed by atoms with E-state index < -0.39 is 26.0 Å². The van der Waals surface area contributed by atoms with E-state index in [1.165, 1.54) is 6.92 Å². The molecule has 6 heteroatoms. The summed E-state index contributed by atoms with van der Waals surface area (Å²) in [5.41, 5.74) is 4.24. The van der Waals surface area contributed by atoms with Gasteiger partial charge in [-0.15, -0.1) is 0 Å². The van der Waals surface area contributed by atoms with Crippen LogP contribution >= 0.6 is 0 Å². The van der Waals surface area contributed by atoms with Gasteiger partial charge in [0.25, 0.3) is 0 Å². The van der Waals surface area contributed by atoms with Gasteiger partial charge in [-0.05, 0) is 33.1 Å². The van der Waals surface area contributed by atoms with E-state index >= 15 is 0 Å². The number of carbonyl (C=O) groups is 1. The molecular weight excluding hydrogens is 252 g/mol. The van der Waals surface area contributed by atoms with Gasteiger partial charge in [-0.3, -0.25) is 9.57 Å². The highest BCUT2D eigenvalue weighted by Gasteiger charge is 2.38. The van der Waals surface area contributed by atoms with Crippen molar-refractivity contribution in [2.45, 2.75) is 62.7 Å². The van der Waals surface area contributed by atoms with Crippen molar-refractivity contribution in [3.8, 4) is 0 Å². The fourth-order valence-electron chi connectivity index (χ4n) is 2.34. The van der Waals surface area contributed by atoms with E-state index in [0.29, 0.717) is 0 Å². The van der Waals surface area contributed by atoms with Crippen molar-refractivity contribution in [2.24, 2.45) is 5.73 Å². The van der Waals surface area contributed by atoms with Crippen molar-refractivity contribution < 1.29 is 14.1 Å². The van der Waals surface area contributed by atoms with Gasteiger partial charge in [-0.2, -0.15) is 0 Å². The summed E-state index contributed by atoms with van der Waals surface area (Å²) in [6, 6.07) is 0. The highest BCUT2D eigenvalue weighted by Crippen LogP contribution is 2.36. The summed E-state index contributed by atoms with van der Waals surface area (Å²) in [7, 11) is -2.79. The Hall–Kier alpha value is -0.620. The summed E-state index contributed by atoms with van der Waals surface area (Å²) >= 11 is 0. The molecule has 5 nitrogen and oxygen atoms in total. The Morgan fingerprint density at radius 1 is 1.44 bits per heavy atom. The number of nitrogens with one attached hydrogen (secondary N) is 1. The van der Waals surface area contributed by atoms with Crippen LogP contribution in [-0.4, -0.2) is 31.3 Å². The fraction of sp³-hybridized carbons (Fsp3) is 0.917. The summed E-state index contributed by atoms with van der Waals surface area (Å²) < 4.78 is 20.2. The first-order chi connectivity index (χ1) is 8.11. The third kappa shape index (κ3) is 3.23. The molecule has 0 aliphatic heterocycles. The zero-order valence-corrected chi connectivity index (χ0v) is 12.0. The Labute approximate surface area is 109 Å². The Kier molecular flexibility index (Phi) is 4.43. The Morgan fingerprint density at radius 3 is 2.39 bits per heavy atom. The van der Waals surface area contributed by atoms with Gasteiger partial charge >= 0.3 is 5.97 Å². The van der Waals surface area contributed by atoms with Crippen LogP contribution in [0.3, 0.4) is 0 Å². The first-order valence-corrected chi connectivity index (χ1v) is 8.12. The van der Waals surface area contributed by atoms with Crippen LogP contribution in [0.5, 0.6) is 0 Å². The van der Waals surface area contributed by atoms with Gasteiger partial charge < -0.3 is 10.8 Å². The maximum atomic E-state index is 12.6. The molecule has 0 aromatic rings. The van der Waals surface area contributed by atoms with Crippen LogP contribution in [0.15, 0.2) is 0 Å². The molecule has 0 heterocycles. The van der Waals surface area contributed by atoms with Crippen LogP contribution in [0.1, 0.15) is 52.4 Å². The lowest BCUT2D eigenvalue weighted by Gasteiger charge is -2.36. The minimum atomic E-state index is -2.79. The molecule has 106 valence electrons. The first kappa shape index (κ1) is 15.4. The number of carboxylic acids is 1. The SMILES string of the molecule is CC1(S(=N)(=O)CC[C@](C)(N)C(=O)O)CCCCC1. The zero-order valence-electron chi connectivity index (χ0n) is 11.2. The Morgan fingerprint density at radius 2 is 1.94 bits per heavy atom. The molecular formula is C12H24N2O3S. The standard InChI is InChI=1S/C12H24N2O3S/c1-11(6-4-3-5-7-11)18(14,17)9-8-12(2,13)10(15)16/h14H,3-9,13H2,1-2H3,(H,15,16)/t12-,18?/m0/s1. The van der Waals surface area contributed by atoms with Crippen LogP contribution in [0.25, 0.3) is 0 Å². The van der Waals surface area contributed by atoms with E-state index in [1.54, 1.807) is 0 Å². The van der Waals surface area contributed by atoms with Crippen LogP contribution < -0.4 is 5.73 Å². The largest absolute Gasteiger partial charge is 0.480 e. The second-order valence-corrected chi connectivity index (χ2v) is 8.61. The molecule has 1 aliphatic rings. The van der Waals surface area contributed by atoms with Crippen LogP contribution in [0.4, 0.5) is 0 Å². The molecule has 1 fully saturated rings. The van der Waals surface area contributed by atoms with Gasteiger partial charge in [-0.25, -0.2) is 4.21 Å². The summed E-state index contributed by atoms with van der Waals surface area (Å²) in [6.45, 7) is 3.31. The first-order valence-electron chi connectivity index (χ1n) is 6.39. The molecule has 4 N–H and O–H groups in total. The molecule has 0 amide bonds. The normalized spacial score (nSPS) is 25.9. The number of nitrogens with two attached hydrogens (primary N) is 1. The maximum Gasteiger partial charge on any atom is 0.323 e. The van der Waals surface area contributed by atoms with Gasteiger partial charge in [0, 0.05) is 15.5 Å². The van der Waals surface area contributed by atoms with Crippen LogP contribution in [0.2, 0.25) is 0 Å². The van der Waals surface area contributed by atoms with Gasteiger partial charge in [0.05, 0.1) is 4.75 Å². The topological polar surface area (TPSA) is 104 Å². The lowest BCUT2D eigenvalue weighted by atomic mass is 9.90. The average Bonchev–Trinajstić information content (AvgIpc) is 2.27. The maximum absolute atomic E-state index is 12.6. The molecule has 1 saturated carbocycles. The summed E-state index contributed by atoms with van der Waals surface area (Å²) in [6.07, 6.45) is 4.82. The number of rotatable bonds is 5. The summed E-state index contributed by atoms with van der Waals surface area (Å²) in [5.74, 6) is -1.03. The smallest absolute Gasteiger partial charge is 0.323 e. The Balaban J connectivity index is 2.73. The van der Waals surface area contributed by atoms with E-state index in [0.717, 1.165) is 32.1 Å². The van der Waals surface area contributed by atoms with Gasteiger partial charge in [-0.1, -0.05) is 19.3 Å². The second kappa shape index (κ2) is 5.17. The van der Waals surface area contributed by atoms with Gasteiger partial charge in [0.2, 0.25) is 0 Å². The molecule has 18 heavy (non-hydrogen) atoms. The lowest BCUT2D eigenvalue weighted by molar-refractivity contribution is -0.142. The predicted molar refractivity (Wildman–Crippen MR) is 72.1 cm³/mol. The zero-order chi connectivity index (χ0) is 14.0. The van der Waals surface area contributed by atoms with E-state index in [-0.39, 0.29) is 12.2 Å². The minimum Gasteiger partial charge on any atom is -0.480 e. The number of carboxylic acid groups (broad SMARTS) is 1. The molecule has 0 aromatic carbocycles. The molecule has 1 rings (SSSR count). The van der Waals surface area contributed by atoms with Crippen molar-refractivity contribution in [3.63, 3.8) is 0 Å². The van der Waals surface area contributed by atoms with Gasteiger partial charge in [0.15, 0.2) is 0 Å². The predicted octanol–water partition coefficient (Wildman–Crippen LogP) is 1.95. The highest BCUT2D eigenvalue weighted by molar-refractivity contribution is 7.93. The lowest BCUT2D eigenvalue weighted by Crippen LogP contribution is -2.48. The molecule has 0 saturated heterocycles. The average molecular weight is 276 g/mol. The van der Waals surface area contributed by atoms with Crippen molar-refractivity contribution in [3.05, 3.63) is 0 Å². The van der Waals surface area contributed by atoms with E-state index in [4.69, 9.17) is 15.6 Å². The van der Waals surface area contributed by atoms with Crippen LogP contribution in [-0.2, 0) is 14.5 Å². The summed E-state index contributed by atoms with van der Waals surface area (Å²) in [4.78, 5) is 10.9. The summed E-state index contributed by atoms with van der Waals surface area (Å²) in [5, 5.41) is 8.93. The van der Waals surface area contributed by atoms with Crippen molar-refractivity contribution in [2.75, 3.05) is 5.75 Å².